The number of hydrogen-bond donors (Lipinski definition) is 2. The molecular weight excluding hydrogens is 417 g/mol. The fourth-order valence-corrected chi connectivity index (χ4v) is 4.96. The molecule has 32 heavy (non-hydrogen) atoms. The molecule has 0 saturated heterocycles. The molecule has 4 rings (SSSR count). The predicted octanol–water partition coefficient (Wildman–Crippen LogP) is 6.67. The molecule has 1 aliphatic rings. The molecule has 5 nitrogen and oxygen atoms in total. The fourth-order valence-electron chi connectivity index (χ4n) is 4.96. The van der Waals surface area contributed by atoms with Gasteiger partial charge in [-0.15, -0.1) is 0 Å². The molecule has 0 bridgehead atoms. The molecule has 1 heterocycles. The van der Waals surface area contributed by atoms with Gasteiger partial charge in [-0.25, -0.2) is 4.98 Å². The summed E-state index contributed by atoms with van der Waals surface area (Å²) in [7, 11) is 0. The predicted molar refractivity (Wildman–Crippen MR) is 120 cm³/mol. The summed E-state index contributed by atoms with van der Waals surface area (Å²) in [4.78, 5) is 15.9. The lowest BCUT2D eigenvalue weighted by atomic mass is 9.70. The molecule has 0 aliphatic heterocycles. The summed E-state index contributed by atoms with van der Waals surface area (Å²) in [6, 6.07) is 14.4. The molecule has 0 spiro atoms. The van der Waals surface area contributed by atoms with E-state index in [9.17, 15) is 18.0 Å². The van der Waals surface area contributed by atoms with Crippen LogP contribution in [0.15, 0.2) is 48.5 Å². The zero-order valence-corrected chi connectivity index (χ0v) is 18.3. The van der Waals surface area contributed by atoms with Crippen molar-refractivity contribution < 1.29 is 18.0 Å². The largest absolute Gasteiger partial charge is 0.471 e. The zero-order chi connectivity index (χ0) is 23.1. The second-order valence-electron chi connectivity index (χ2n) is 9.52. The second kappa shape index (κ2) is 8.15. The number of nitrogens with one attached hydrogen (secondary N) is 2. The van der Waals surface area contributed by atoms with Crippen LogP contribution in [0.5, 0.6) is 0 Å². The molecule has 2 aromatic carbocycles. The maximum absolute atomic E-state index is 12.5. The summed E-state index contributed by atoms with van der Waals surface area (Å²) in [5.41, 5.74) is 2.92. The number of imidazole rings is 1. The monoisotopic (exact) mass is 444 g/mol. The molecule has 0 radical (unpaired) electrons. The molecule has 3 aromatic rings. The molecule has 1 fully saturated rings. The highest BCUT2D eigenvalue weighted by Gasteiger charge is 2.38. The van der Waals surface area contributed by atoms with E-state index < -0.39 is 12.1 Å². The van der Waals surface area contributed by atoms with Crippen molar-refractivity contribution in [1.29, 1.82) is 0 Å². The first-order valence-corrected chi connectivity index (χ1v) is 10.7. The van der Waals surface area contributed by atoms with Gasteiger partial charge in [-0.1, -0.05) is 32.9 Å². The maximum atomic E-state index is 12.5. The van der Waals surface area contributed by atoms with E-state index in [2.05, 4.69) is 36.7 Å². The third-order valence-corrected chi connectivity index (χ3v) is 5.98. The molecule has 1 saturated carbocycles. The second-order valence-corrected chi connectivity index (χ2v) is 9.52. The van der Waals surface area contributed by atoms with Crippen LogP contribution in [0, 0.1) is 11.3 Å². The summed E-state index contributed by atoms with van der Waals surface area (Å²) in [5, 5.41) is 5.19. The average molecular weight is 445 g/mol. The number of carbonyl (C=O) groups excluding carboxylic acids is 1. The van der Waals surface area contributed by atoms with E-state index in [1.54, 1.807) is 12.1 Å². The van der Waals surface area contributed by atoms with Gasteiger partial charge in [0, 0.05) is 17.4 Å². The summed E-state index contributed by atoms with van der Waals surface area (Å²) in [5.74, 6) is -0.698. The van der Waals surface area contributed by atoms with Crippen molar-refractivity contribution in [3.8, 4) is 0 Å². The van der Waals surface area contributed by atoms with Crippen LogP contribution in [0.25, 0.3) is 11.0 Å². The number of hydrogen-bond acceptors (Lipinski definition) is 3. The van der Waals surface area contributed by atoms with Crippen LogP contribution in [0.2, 0.25) is 0 Å². The van der Waals surface area contributed by atoms with Crippen molar-refractivity contribution in [3.05, 3.63) is 48.5 Å². The Morgan fingerprint density at radius 3 is 2.38 bits per heavy atom. The summed E-state index contributed by atoms with van der Waals surface area (Å²) >= 11 is 0. The van der Waals surface area contributed by atoms with Crippen LogP contribution in [0.4, 0.5) is 30.5 Å². The highest BCUT2D eigenvalue weighted by atomic mass is 19.4. The highest BCUT2D eigenvalue weighted by molar-refractivity contribution is 5.95. The summed E-state index contributed by atoms with van der Waals surface area (Å²) in [6.45, 7) is 6.89. The SMILES string of the molecule is C[C@H]1CC(n2c(Nc3ccc(NC(=O)C(F)(F)F)cc3)nc3ccccc32)CC(C)(C)C1. The van der Waals surface area contributed by atoms with Crippen molar-refractivity contribution in [1.82, 2.24) is 9.55 Å². The number of fused-ring (bicyclic) bond motifs is 1. The van der Waals surface area contributed by atoms with Crippen LogP contribution < -0.4 is 10.6 Å². The number of rotatable bonds is 4. The lowest BCUT2D eigenvalue weighted by molar-refractivity contribution is -0.167. The quantitative estimate of drug-likeness (QED) is 0.473. The Balaban J connectivity index is 1.62. The minimum atomic E-state index is -4.92. The van der Waals surface area contributed by atoms with Gasteiger partial charge >= 0.3 is 12.1 Å². The van der Waals surface area contributed by atoms with E-state index in [1.165, 1.54) is 18.6 Å². The van der Waals surface area contributed by atoms with E-state index >= 15 is 0 Å². The minimum absolute atomic E-state index is 0.0780. The lowest BCUT2D eigenvalue weighted by Gasteiger charge is -2.40. The minimum Gasteiger partial charge on any atom is -0.326 e. The number of alkyl halides is 3. The number of halogens is 3. The molecule has 8 heteroatoms. The molecule has 2 atom stereocenters. The number of amides is 1. The van der Waals surface area contributed by atoms with E-state index in [0.29, 0.717) is 17.6 Å². The number of nitrogens with zero attached hydrogens (tertiary/aromatic N) is 2. The topological polar surface area (TPSA) is 59.0 Å². The zero-order valence-electron chi connectivity index (χ0n) is 18.3. The van der Waals surface area contributed by atoms with Crippen molar-refractivity contribution in [3.63, 3.8) is 0 Å². The van der Waals surface area contributed by atoms with Gasteiger partial charge in [0.2, 0.25) is 5.95 Å². The maximum Gasteiger partial charge on any atom is 0.471 e. The van der Waals surface area contributed by atoms with Crippen molar-refractivity contribution >= 4 is 34.3 Å². The van der Waals surface area contributed by atoms with Gasteiger partial charge < -0.3 is 15.2 Å². The molecule has 2 N–H and O–H groups in total. The number of para-hydroxylation sites is 2. The standard InChI is InChI=1S/C24H27F3N4O/c1-15-12-18(14-23(2,3)13-15)31-20-7-5-4-6-19(20)30-22(31)29-17-10-8-16(9-11-17)28-21(32)24(25,26)27/h4-11,15,18H,12-14H2,1-3H3,(H,28,32)(H,29,30)/t15-,18?/m0/s1. The van der Waals surface area contributed by atoms with Gasteiger partial charge in [0.05, 0.1) is 11.0 Å². The van der Waals surface area contributed by atoms with Gasteiger partial charge in [-0.3, -0.25) is 4.79 Å². The first-order valence-electron chi connectivity index (χ1n) is 10.7. The van der Waals surface area contributed by atoms with Gasteiger partial charge in [0.1, 0.15) is 0 Å². The van der Waals surface area contributed by atoms with Crippen LogP contribution >= 0.6 is 0 Å². The molecule has 1 aromatic heterocycles. The highest BCUT2D eigenvalue weighted by Crippen LogP contribution is 2.46. The number of benzene rings is 2. The number of carbonyl (C=O) groups is 1. The third-order valence-electron chi connectivity index (χ3n) is 5.98. The first kappa shape index (κ1) is 22.2. The average Bonchev–Trinajstić information content (AvgIpc) is 3.05. The van der Waals surface area contributed by atoms with E-state index in [-0.39, 0.29) is 17.1 Å². The Kier molecular flexibility index (Phi) is 5.65. The normalized spacial score (nSPS) is 20.8. The van der Waals surface area contributed by atoms with Gasteiger partial charge in [0.15, 0.2) is 0 Å². The molecule has 1 unspecified atom stereocenters. The summed E-state index contributed by atoms with van der Waals surface area (Å²) in [6.07, 6.45) is -1.65. The van der Waals surface area contributed by atoms with Crippen LogP contribution in [-0.2, 0) is 4.79 Å². The number of anilines is 3. The van der Waals surface area contributed by atoms with Crippen LogP contribution in [0.1, 0.15) is 46.1 Å². The Labute approximate surface area is 185 Å². The summed E-state index contributed by atoms with van der Waals surface area (Å²) < 4.78 is 39.7. The molecule has 1 aliphatic carbocycles. The van der Waals surface area contributed by atoms with Gasteiger partial charge in [-0.05, 0) is 67.0 Å². The fraction of sp³-hybridized carbons (Fsp3) is 0.417. The number of aromatic nitrogens is 2. The Hall–Kier alpha value is -3.03. The van der Waals surface area contributed by atoms with Crippen molar-refractivity contribution in [2.75, 3.05) is 10.6 Å². The van der Waals surface area contributed by atoms with E-state index in [4.69, 9.17) is 4.98 Å². The Bertz CT molecular complexity index is 1120. The Morgan fingerprint density at radius 2 is 1.72 bits per heavy atom. The van der Waals surface area contributed by atoms with Crippen LogP contribution in [-0.4, -0.2) is 21.6 Å². The van der Waals surface area contributed by atoms with Crippen molar-refractivity contribution in [2.45, 2.75) is 52.3 Å². The van der Waals surface area contributed by atoms with Crippen molar-refractivity contribution in [2.24, 2.45) is 11.3 Å². The van der Waals surface area contributed by atoms with E-state index in [0.717, 1.165) is 23.9 Å². The van der Waals surface area contributed by atoms with Gasteiger partial charge in [0.25, 0.3) is 0 Å². The van der Waals surface area contributed by atoms with Crippen LogP contribution in [0.3, 0.4) is 0 Å². The molecular formula is C24H27F3N4O. The first-order chi connectivity index (χ1) is 15.0. The smallest absolute Gasteiger partial charge is 0.326 e. The molecule has 170 valence electrons. The van der Waals surface area contributed by atoms with Gasteiger partial charge in [-0.2, -0.15) is 13.2 Å². The molecule has 1 amide bonds. The van der Waals surface area contributed by atoms with E-state index in [1.807, 2.05) is 23.5 Å². The third kappa shape index (κ3) is 4.74. The Morgan fingerprint density at radius 1 is 1.06 bits per heavy atom. The lowest BCUT2D eigenvalue weighted by Crippen LogP contribution is -2.30.